The number of nitrogens with zero attached hydrogens (tertiary/aromatic N) is 2. The summed E-state index contributed by atoms with van der Waals surface area (Å²) in [5.41, 5.74) is -0.0200. The summed E-state index contributed by atoms with van der Waals surface area (Å²) in [7, 11) is 0. The molecule has 19 heavy (non-hydrogen) atoms. The molecule has 1 unspecified atom stereocenters. The molecule has 1 aromatic rings. The molecule has 0 spiro atoms. The van der Waals surface area contributed by atoms with E-state index in [1.807, 2.05) is 13.0 Å². The lowest BCUT2D eigenvalue weighted by Crippen LogP contribution is -2.20. The molecule has 7 heteroatoms. The van der Waals surface area contributed by atoms with Gasteiger partial charge in [-0.15, -0.1) is 0 Å². The van der Waals surface area contributed by atoms with Gasteiger partial charge in [0.25, 0.3) is 5.56 Å². The summed E-state index contributed by atoms with van der Waals surface area (Å²) in [6.07, 6.45) is 0.480. The van der Waals surface area contributed by atoms with Crippen LogP contribution in [0.5, 0.6) is 0 Å². The molecule has 0 aliphatic carbocycles. The average Bonchev–Trinajstić information content (AvgIpc) is 2.38. The zero-order valence-corrected chi connectivity index (χ0v) is 11.8. The highest BCUT2D eigenvalue weighted by molar-refractivity contribution is 8.00. The average molecular weight is 281 g/mol. The van der Waals surface area contributed by atoms with E-state index in [0.717, 1.165) is 11.8 Å². The van der Waals surface area contributed by atoms with E-state index in [2.05, 4.69) is 9.97 Å². The third-order valence-electron chi connectivity index (χ3n) is 2.33. The monoisotopic (exact) mass is 281 g/mol. The number of thioether (sulfide) groups is 1. The second kappa shape index (κ2) is 6.95. The third-order valence-corrected chi connectivity index (χ3v) is 3.29. The minimum Gasteiger partial charge on any atom is -0.465 e. The number of hydrogen-bond donors (Lipinski definition) is 1. The highest BCUT2D eigenvalue weighted by Gasteiger charge is 2.18. The summed E-state index contributed by atoms with van der Waals surface area (Å²) >= 11 is 1.10. The number of carbonyl (C=O) groups is 1. The summed E-state index contributed by atoms with van der Waals surface area (Å²) in [6.45, 7) is 5.52. The van der Waals surface area contributed by atoms with Gasteiger partial charge < -0.3 is 9.72 Å². The van der Waals surface area contributed by atoms with Crippen LogP contribution in [0, 0.1) is 11.3 Å². The minimum absolute atomic E-state index is 0.0237. The predicted molar refractivity (Wildman–Crippen MR) is 70.9 cm³/mol. The van der Waals surface area contributed by atoms with Crippen molar-refractivity contribution in [3.63, 3.8) is 0 Å². The van der Waals surface area contributed by atoms with Crippen molar-refractivity contribution in [3.8, 4) is 6.07 Å². The number of aryl methyl sites for hydroxylation is 1. The number of nitrogens with one attached hydrogen (secondary N) is 1. The van der Waals surface area contributed by atoms with Gasteiger partial charge in [0, 0.05) is 0 Å². The van der Waals surface area contributed by atoms with Gasteiger partial charge in [-0.1, -0.05) is 18.7 Å². The van der Waals surface area contributed by atoms with Crippen LogP contribution in [0.1, 0.15) is 32.0 Å². The molecule has 0 aliphatic heterocycles. The summed E-state index contributed by atoms with van der Waals surface area (Å²) in [5, 5.41) is 8.72. The number of H-pyrrole nitrogens is 1. The normalized spacial score (nSPS) is 11.7. The molecule has 1 heterocycles. The Hall–Kier alpha value is -1.81. The van der Waals surface area contributed by atoms with Crippen molar-refractivity contribution in [3.05, 3.63) is 21.6 Å². The van der Waals surface area contributed by atoms with Crippen LogP contribution in [0.4, 0.5) is 0 Å². The smallest absolute Gasteiger partial charge is 0.319 e. The Bertz CT molecular complexity index is 562. The van der Waals surface area contributed by atoms with Crippen LogP contribution in [0.25, 0.3) is 0 Å². The van der Waals surface area contributed by atoms with Crippen LogP contribution in [0.2, 0.25) is 0 Å². The Morgan fingerprint density at radius 3 is 2.79 bits per heavy atom. The third kappa shape index (κ3) is 3.83. The molecular formula is C12H15N3O3S. The summed E-state index contributed by atoms with van der Waals surface area (Å²) in [5.74, 6) is -0.363. The van der Waals surface area contributed by atoms with E-state index in [4.69, 9.17) is 10.00 Å². The fourth-order valence-corrected chi connectivity index (χ4v) is 2.21. The summed E-state index contributed by atoms with van der Waals surface area (Å²) < 4.78 is 4.88. The lowest BCUT2D eigenvalue weighted by atomic mass is 10.2. The van der Waals surface area contributed by atoms with E-state index in [9.17, 15) is 9.59 Å². The van der Waals surface area contributed by atoms with E-state index >= 15 is 0 Å². The number of aromatic amines is 1. The van der Waals surface area contributed by atoms with Crippen LogP contribution in [-0.2, 0) is 16.0 Å². The molecule has 0 bridgehead atoms. The summed E-state index contributed by atoms with van der Waals surface area (Å²) in [6, 6.07) is 1.83. The molecule has 1 aromatic heterocycles. The predicted octanol–water partition coefficient (Wildman–Crippen LogP) is 1.25. The van der Waals surface area contributed by atoms with Crippen LogP contribution in [0.15, 0.2) is 9.95 Å². The molecule has 6 nitrogen and oxygen atoms in total. The second-order valence-corrected chi connectivity index (χ2v) is 5.00. The van der Waals surface area contributed by atoms with Gasteiger partial charge in [0.1, 0.15) is 16.9 Å². The van der Waals surface area contributed by atoms with Crippen LogP contribution in [0.3, 0.4) is 0 Å². The molecule has 1 atom stereocenters. The fraction of sp³-hybridized carbons (Fsp3) is 0.500. The first-order valence-corrected chi connectivity index (χ1v) is 6.78. The van der Waals surface area contributed by atoms with E-state index in [0.29, 0.717) is 23.9 Å². The number of carbonyl (C=O) groups excluding carboxylic acids is 1. The minimum atomic E-state index is -0.479. The molecule has 1 N–H and O–H groups in total. The van der Waals surface area contributed by atoms with E-state index in [1.54, 1.807) is 13.8 Å². The first-order chi connectivity index (χ1) is 9.03. The molecule has 0 aromatic carbocycles. The molecule has 0 saturated carbocycles. The van der Waals surface area contributed by atoms with Gasteiger partial charge in [0.05, 0.1) is 12.3 Å². The number of hydrogen-bond acceptors (Lipinski definition) is 6. The first kappa shape index (κ1) is 15.2. The molecule has 0 amide bonds. The van der Waals surface area contributed by atoms with E-state index in [1.165, 1.54) is 0 Å². The van der Waals surface area contributed by atoms with Gasteiger partial charge in [0.15, 0.2) is 5.16 Å². The quantitative estimate of drug-likeness (QED) is 0.495. The van der Waals surface area contributed by atoms with Crippen LogP contribution in [-0.4, -0.2) is 27.8 Å². The summed E-state index contributed by atoms with van der Waals surface area (Å²) in [4.78, 5) is 29.9. The maximum absolute atomic E-state index is 11.7. The molecule has 0 fully saturated rings. The van der Waals surface area contributed by atoms with Crippen molar-refractivity contribution in [1.82, 2.24) is 9.97 Å². The van der Waals surface area contributed by atoms with Gasteiger partial charge in [-0.05, 0) is 20.3 Å². The molecule has 1 rings (SSSR count). The van der Waals surface area contributed by atoms with Gasteiger partial charge in [-0.2, -0.15) is 5.26 Å². The van der Waals surface area contributed by atoms with Gasteiger partial charge in [-0.3, -0.25) is 9.59 Å². The Balaban J connectivity index is 2.98. The van der Waals surface area contributed by atoms with E-state index in [-0.39, 0.29) is 11.5 Å². The van der Waals surface area contributed by atoms with Gasteiger partial charge in [0.2, 0.25) is 0 Å². The number of aromatic nitrogens is 2. The lowest BCUT2D eigenvalue weighted by molar-refractivity contribution is -0.142. The zero-order chi connectivity index (χ0) is 14.4. The van der Waals surface area contributed by atoms with Crippen molar-refractivity contribution in [1.29, 1.82) is 5.26 Å². The topological polar surface area (TPSA) is 95.8 Å². The number of ether oxygens (including phenoxy) is 1. The molecule has 0 aliphatic rings. The molecular weight excluding hydrogens is 266 g/mol. The highest BCUT2D eigenvalue weighted by atomic mass is 32.2. The number of nitriles is 1. The first-order valence-electron chi connectivity index (χ1n) is 5.90. The van der Waals surface area contributed by atoms with Gasteiger partial charge in [-0.25, -0.2) is 4.98 Å². The van der Waals surface area contributed by atoms with Gasteiger partial charge >= 0.3 is 5.97 Å². The maximum atomic E-state index is 11.7. The standard InChI is InChI=1S/C12H15N3O3S/c1-4-9-8(6-13)10(16)15-12(14-9)19-7(3)11(17)18-5-2/h7H,4-5H2,1-3H3,(H,14,15,16). The van der Waals surface area contributed by atoms with Crippen molar-refractivity contribution in [2.45, 2.75) is 37.6 Å². The van der Waals surface area contributed by atoms with Crippen molar-refractivity contribution in [2.75, 3.05) is 6.61 Å². The molecule has 102 valence electrons. The number of rotatable bonds is 5. The highest BCUT2D eigenvalue weighted by Crippen LogP contribution is 2.20. The molecule has 0 saturated heterocycles. The van der Waals surface area contributed by atoms with Crippen LogP contribution < -0.4 is 5.56 Å². The lowest BCUT2D eigenvalue weighted by Gasteiger charge is -2.10. The Kier molecular flexibility index (Phi) is 5.57. The second-order valence-electron chi connectivity index (χ2n) is 3.67. The Labute approximate surface area is 115 Å². The van der Waals surface area contributed by atoms with Crippen molar-refractivity contribution < 1.29 is 9.53 Å². The zero-order valence-electron chi connectivity index (χ0n) is 11.0. The SMILES string of the molecule is CCOC(=O)C(C)Sc1nc(CC)c(C#N)c(=O)[nH]1. The number of esters is 1. The van der Waals surface area contributed by atoms with Crippen molar-refractivity contribution in [2.24, 2.45) is 0 Å². The van der Waals surface area contributed by atoms with Crippen LogP contribution >= 0.6 is 11.8 Å². The molecule has 0 radical (unpaired) electrons. The maximum Gasteiger partial charge on any atom is 0.319 e. The van der Waals surface area contributed by atoms with E-state index < -0.39 is 10.8 Å². The largest absolute Gasteiger partial charge is 0.465 e. The van der Waals surface area contributed by atoms with Crippen molar-refractivity contribution >= 4 is 17.7 Å². The Morgan fingerprint density at radius 2 is 2.26 bits per heavy atom. The fourth-order valence-electron chi connectivity index (χ4n) is 1.40. The Morgan fingerprint density at radius 1 is 1.58 bits per heavy atom.